The fraction of sp³-hybridized carbons (Fsp3) is 0.556. The van der Waals surface area contributed by atoms with Gasteiger partial charge in [0.25, 0.3) is 5.91 Å². The van der Waals surface area contributed by atoms with E-state index >= 15 is 0 Å². The average Bonchev–Trinajstić information content (AvgIpc) is 2.51. The van der Waals surface area contributed by atoms with Gasteiger partial charge in [0.15, 0.2) is 0 Å². The van der Waals surface area contributed by atoms with Crippen molar-refractivity contribution in [1.82, 2.24) is 15.5 Å². The number of rotatable bonds is 6. The molecule has 6 heteroatoms. The zero-order chi connectivity index (χ0) is 17.5. The molecule has 24 heavy (non-hydrogen) atoms. The van der Waals surface area contributed by atoms with Gasteiger partial charge in [-0.3, -0.25) is 9.59 Å². The van der Waals surface area contributed by atoms with Crippen LogP contribution in [0.15, 0.2) is 24.3 Å². The van der Waals surface area contributed by atoms with E-state index in [1.165, 1.54) is 6.42 Å². The van der Waals surface area contributed by atoms with Crippen LogP contribution in [-0.4, -0.2) is 49.4 Å². The molecule has 1 aliphatic rings. The Hall–Kier alpha value is -1.59. The van der Waals surface area contributed by atoms with E-state index in [-0.39, 0.29) is 18.4 Å². The average molecular weight is 352 g/mol. The predicted octanol–water partition coefficient (Wildman–Crippen LogP) is 2.16. The summed E-state index contributed by atoms with van der Waals surface area (Å²) in [7, 11) is 0. The molecule has 2 unspecified atom stereocenters. The third-order valence-electron chi connectivity index (χ3n) is 4.19. The highest BCUT2D eigenvalue weighted by molar-refractivity contribution is 6.30. The molecule has 2 N–H and O–H groups in total. The molecule has 1 heterocycles. The van der Waals surface area contributed by atoms with Crippen molar-refractivity contribution < 1.29 is 9.59 Å². The van der Waals surface area contributed by atoms with Crippen LogP contribution >= 0.6 is 11.6 Å². The van der Waals surface area contributed by atoms with Gasteiger partial charge in [0, 0.05) is 36.8 Å². The number of hydrogen-bond acceptors (Lipinski definition) is 3. The molecule has 1 saturated heterocycles. The number of nitrogens with one attached hydrogen (secondary N) is 2. The molecule has 0 saturated carbocycles. The molecular formula is C18H26ClN3O2. The van der Waals surface area contributed by atoms with Crippen molar-refractivity contribution in [3.8, 4) is 0 Å². The normalized spacial score (nSPS) is 21.3. The van der Waals surface area contributed by atoms with E-state index in [0.717, 1.165) is 19.6 Å². The van der Waals surface area contributed by atoms with Crippen LogP contribution < -0.4 is 10.6 Å². The summed E-state index contributed by atoms with van der Waals surface area (Å²) >= 11 is 5.85. The number of carbonyl (C=O) groups is 2. The van der Waals surface area contributed by atoms with E-state index in [0.29, 0.717) is 29.0 Å². The smallest absolute Gasteiger partial charge is 0.251 e. The topological polar surface area (TPSA) is 61.4 Å². The van der Waals surface area contributed by atoms with Crippen LogP contribution in [-0.2, 0) is 4.79 Å². The number of likely N-dealkylation sites (tertiary alicyclic amines) is 1. The van der Waals surface area contributed by atoms with Gasteiger partial charge < -0.3 is 15.5 Å². The zero-order valence-electron chi connectivity index (χ0n) is 14.3. The number of piperidine rings is 1. The van der Waals surface area contributed by atoms with Crippen molar-refractivity contribution >= 4 is 23.4 Å². The molecule has 1 fully saturated rings. The number of hydrogen-bond donors (Lipinski definition) is 2. The lowest BCUT2D eigenvalue weighted by Crippen LogP contribution is -2.44. The highest BCUT2D eigenvalue weighted by atomic mass is 35.5. The summed E-state index contributed by atoms with van der Waals surface area (Å²) in [6, 6.07) is 6.65. The van der Waals surface area contributed by atoms with Gasteiger partial charge in [-0.2, -0.15) is 0 Å². The largest absolute Gasteiger partial charge is 0.353 e. The van der Waals surface area contributed by atoms with Gasteiger partial charge in [0.1, 0.15) is 0 Å². The molecule has 2 amide bonds. The summed E-state index contributed by atoms with van der Waals surface area (Å²) in [5.41, 5.74) is 0.451. The number of benzene rings is 1. The van der Waals surface area contributed by atoms with E-state index in [9.17, 15) is 9.59 Å². The Morgan fingerprint density at radius 2 is 1.92 bits per heavy atom. The minimum atomic E-state index is -0.300. The van der Waals surface area contributed by atoms with Crippen LogP contribution in [0.4, 0.5) is 0 Å². The van der Waals surface area contributed by atoms with Crippen LogP contribution in [0, 0.1) is 11.8 Å². The van der Waals surface area contributed by atoms with Crippen molar-refractivity contribution in [2.45, 2.75) is 20.3 Å². The standard InChI is InChI=1S/C18H26ClN3O2/c1-13-8-14(2)12-22(11-13)7-6-20-17(23)10-21-18(24)15-4-3-5-16(19)9-15/h3-5,9,13-14H,6-8,10-12H2,1-2H3,(H,20,23)(H,21,24). The molecule has 0 radical (unpaired) electrons. The Morgan fingerprint density at radius 1 is 1.21 bits per heavy atom. The monoisotopic (exact) mass is 351 g/mol. The summed E-state index contributed by atoms with van der Waals surface area (Å²) in [6.45, 7) is 8.14. The second kappa shape index (κ2) is 9.04. The van der Waals surface area contributed by atoms with Crippen molar-refractivity contribution in [3.05, 3.63) is 34.9 Å². The lowest BCUT2D eigenvalue weighted by atomic mass is 9.92. The van der Waals surface area contributed by atoms with Gasteiger partial charge in [-0.1, -0.05) is 31.5 Å². The second-order valence-corrected chi connectivity index (χ2v) is 7.19. The Bertz CT molecular complexity index is 569. The van der Waals surface area contributed by atoms with E-state index in [1.807, 2.05) is 0 Å². The van der Waals surface area contributed by atoms with E-state index in [4.69, 9.17) is 11.6 Å². The number of amides is 2. The van der Waals surface area contributed by atoms with Gasteiger partial charge in [0.2, 0.25) is 5.91 Å². The van der Waals surface area contributed by atoms with Gasteiger partial charge in [-0.25, -0.2) is 0 Å². The third-order valence-corrected chi connectivity index (χ3v) is 4.43. The molecule has 1 aromatic rings. The van der Waals surface area contributed by atoms with Gasteiger partial charge >= 0.3 is 0 Å². The van der Waals surface area contributed by atoms with Crippen LogP contribution in [0.2, 0.25) is 5.02 Å². The maximum atomic E-state index is 11.9. The van der Waals surface area contributed by atoms with Crippen LogP contribution in [0.5, 0.6) is 0 Å². The fourth-order valence-corrected chi connectivity index (χ4v) is 3.47. The van der Waals surface area contributed by atoms with Crippen LogP contribution in [0.1, 0.15) is 30.6 Å². The van der Waals surface area contributed by atoms with Gasteiger partial charge in [0.05, 0.1) is 6.54 Å². The number of nitrogens with zero attached hydrogens (tertiary/aromatic N) is 1. The molecular weight excluding hydrogens is 326 g/mol. The highest BCUT2D eigenvalue weighted by Gasteiger charge is 2.21. The fourth-order valence-electron chi connectivity index (χ4n) is 3.28. The summed E-state index contributed by atoms with van der Waals surface area (Å²) in [5.74, 6) is 0.942. The van der Waals surface area contributed by atoms with Crippen LogP contribution in [0.25, 0.3) is 0 Å². The summed E-state index contributed by atoms with van der Waals surface area (Å²) in [5, 5.41) is 5.96. The van der Waals surface area contributed by atoms with Crippen LogP contribution in [0.3, 0.4) is 0 Å². The number of halogens is 1. The Kier molecular flexibility index (Phi) is 7.06. The predicted molar refractivity (Wildman–Crippen MR) is 96.2 cm³/mol. The first-order valence-corrected chi connectivity index (χ1v) is 8.84. The summed E-state index contributed by atoms with van der Waals surface area (Å²) in [4.78, 5) is 26.2. The third kappa shape index (κ3) is 6.13. The molecule has 0 spiro atoms. The lowest BCUT2D eigenvalue weighted by molar-refractivity contribution is -0.120. The Balaban J connectivity index is 1.65. The molecule has 132 valence electrons. The maximum Gasteiger partial charge on any atom is 0.251 e. The SMILES string of the molecule is CC1CC(C)CN(CCNC(=O)CNC(=O)c2cccc(Cl)c2)C1. The minimum Gasteiger partial charge on any atom is -0.353 e. The van der Waals surface area contributed by atoms with Gasteiger partial charge in [-0.05, 0) is 36.5 Å². The lowest BCUT2D eigenvalue weighted by Gasteiger charge is -2.34. The highest BCUT2D eigenvalue weighted by Crippen LogP contribution is 2.20. The van der Waals surface area contributed by atoms with E-state index < -0.39 is 0 Å². The molecule has 0 aliphatic carbocycles. The van der Waals surface area contributed by atoms with Gasteiger partial charge in [-0.15, -0.1) is 0 Å². The second-order valence-electron chi connectivity index (χ2n) is 6.75. The van der Waals surface area contributed by atoms with Crippen molar-refractivity contribution in [2.24, 2.45) is 11.8 Å². The maximum absolute atomic E-state index is 11.9. The molecule has 2 rings (SSSR count). The first kappa shape index (κ1) is 18.7. The zero-order valence-corrected chi connectivity index (χ0v) is 15.1. The Morgan fingerprint density at radius 3 is 2.58 bits per heavy atom. The van der Waals surface area contributed by atoms with E-state index in [2.05, 4.69) is 29.4 Å². The Labute approximate surface area is 148 Å². The van der Waals surface area contributed by atoms with E-state index in [1.54, 1.807) is 24.3 Å². The first-order chi connectivity index (χ1) is 11.4. The minimum absolute atomic E-state index is 0.0296. The molecule has 1 aliphatic heterocycles. The quantitative estimate of drug-likeness (QED) is 0.825. The van der Waals surface area contributed by atoms with Crippen molar-refractivity contribution in [2.75, 3.05) is 32.7 Å². The molecule has 0 aromatic heterocycles. The first-order valence-electron chi connectivity index (χ1n) is 8.47. The molecule has 2 atom stereocenters. The summed E-state index contributed by atoms with van der Waals surface area (Å²) < 4.78 is 0. The number of carbonyl (C=O) groups excluding carboxylic acids is 2. The van der Waals surface area contributed by atoms with Crippen molar-refractivity contribution in [3.63, 3.8) is 0 Å². The summed E-state index contributed by atoms with van der Waals surface area (Å²) in [6.07, 6.45) is 1.28. The molecule has 5 nitrogen and oxygen atoms in total. The molecule has 1 aromatic carbocycles. The van der Waals surface area contributed by atoms with Crippen molar-refractivity contribution in [1.29, 1.82) is 0 Å². The molecule has 0 bridgehead atoms.